The summed E-state index contributed by atoms with van der Waals surface area (Å²) in [6, 6.07) is 4.21. The molecule has 108 valence electrons. The number of hydrogen-bond acceptors (Lipinski definition) is 4. The number of anilines is 1. The zero-order chi connectivity index (χ0) is 14.3. The number of rotatable bonds is 8. The van der Waals surface area contributed by atoms with Crippen LogP contribution in [0.3, 0.4) is 0 Å². The quantitative estimate of drug-likeness (QED) is 0.772. The summed E-state index contributed by atoms with van der Waals surface area (Å²) in [6.45, 7) is 2.64. The lowest BCUT2D eigenvalue weighted by molar-refractivity contribution is -0.0282. The van der Waals surface area contributed by atoms with Crippen molar-refractivity contribution < 1.29 is 19.0 Å². The van der Waals surface area contributed by atoms with Gasteiger partial charge in [0.2, 0.25) is 0 Å². The van der Waals surface area contributed by atoms with Crippen molar-refractivity contribution in [2.24, 2.45) is 0 Å². The minimum absolute atomic E-state index is 0.0949. The van der Waals surface area contributed by atoms with Crippen molar-refractivity contribution >= 4 is 17.3 Å². The number of nitrogens with one attached hydrogen (secondary N) is 1. The highest BCUT2D eigenvalue weighted by atomic mass is 35.5. The average Bonchev–Trinajstić information content (AvgIpc) is 2.38. The van der Waals surface area contributed by atoms with E-state index in [-0.39, 0.29) is 24.9 Å². The number of methoxy groups -OCH3 is 1. The van der Waals surface area contributed by atoms with E-state index >= 15 is 0 Å². The van der Waals surface area contributed by atoms with Gasteiger partial charge in [-0.05, 0) is 25.1 Å². The Kier molecular flexibility index (Phi) is 7.09. The summed E-state index contributed by atoms with van der Waals surface area (Å²) in [6.07, 6.45) is -0.833. The second-order valence-electron chi connectivity index (χ2n) is 4.26. The predicted molar refractivity (Wildman–Crippen MR) is 73.2 cm³/mol. The van der Waals surface area contributed by atoms with E-state index in [4.69, 9.17) is 21.1 Å². The third kappa shape index (κ3) is 6.20. The Labute approximate surface area is 117 Å². The first-order valence-corrected chi connectivity index (χ1v) is 6.38. The molecular formula is C13H19ClFNO3. The predicted octanol–water partition coefficient (Wildman–Crippen LogP) is 2.30. The Morgan fingerprint density at radius 1 is 1.42 bits per heavy atom. The third-order valence-electron chi connectivity index (χ3n) is 2.43. The first-order valence-electron chi connectivity index (χ1n) is 6.00. The van der Waals surface area contributed by atoms with Crippen molar-refractivity contribution in [3.63, 3.8) is 0 Å². The number of halogens is 2. The fourth-order valence-electron chi connectivity index (χ4n) is 1.48. The van der Waals surface area contributed by atoms with Crippen LogP contribution in [0, 0.1) is 5.82 Å². The molecule has 19 heavy (non-hydrogen) atoms. The smallest absolute Gasteiger partial charge is 0.146 e. The number of benzene rings is 1. The standard InChI is InChI=1S/C13H19ClFNO3/c1-9(7-18-2)19-8-11(17)6-16-13-5-10(14)3-4-12(13)15/h3-5,9,11,16-17H,6-8H2,1-2H3. The van der Waals surface area contributed by atoms with Crippen molar-refractivity contribution in [1.29, 1.82) is 0 Å². The third-order valence-corrected chi connectivity index (χ3v) is 2.67. The molecule has 1 aromatic carbocycles. The highest BCUT2D eigenvalue weighted by molar-refractivity contribution is 6.30. The summed E-state index contributed by atoms with van der Waals surface area (Å²) >= 11 is 5.76. The fourth-order valence-corrected chi connectivity index (χ4v) is 1.65. The Hall–Kier alpha value is -0.880. The average molecular weight is 292 g/mol. The molecule has 0 aliphatic heterocycles. The van der Waals surface area contributed by atoms with Crippen LogP contribution in [0.25, 0.3) is 0 Å². The first-order chi connectivity index (χ1) is 9.02. The molecule has 0 bridgehead atoms. The number of aliphatic hydroxyl groups excluding tert-OH is 1. The first kappa shape index (κ1) is 16.2. The normalized spacial score (nSPS) is 14.2. The van der Waals surface area contributed by atoms with Crippen LogP contribution in [0.15, 0.2) is 18.2 Å². The Morgan fingerprint density at radius 2 is 2.16 bits per heavy atom. The van der Waals surface area contributed by atoms with Crippen LogP contribution in [0.2, 0.25) is 5.02 Å². The molecule has 2 N–H and O–H groups in total. The Morgan fingerprint density at radius 3 is 2.84 bits per heavy atom. The van der Waals surface area contributed by atoms with E-state index in [1.54, 1.807) is 7.11 Å². The van der Waals surface area contributed by atoms with Crippen LogP contribution in [0.4, 0.5) is 10.1 Å². The molecule has 0 aliphatic carbocycles. The summed E-state index contributed by atoms with van der Waals surface area (Å²) in [5, 5.41) is 12.9. The molecule has 2 unspecified atom stereocenters. The summed E-state index contributed by atoms with van der Waals surface area (Å²) in [5.41, 5.74) is 0.261. The van der Waals surface area contributed by atoms with Gasteiger partial charge in [0.15, 0.2) is 0 Å². The van der Waals surface area contributed by atoms with E-state index in [1.165, 1.54) is 18.2 Å². The van der Waals surface area contributed by atoms with Crippen LogP contribution >= 0.6 is 11.6 Å². The molecule has 0 spiro atoms. The van der Waals surface area contributed by atoms with Crippen molar-refractivity contribution in [2.75, 3.05) is 32.2 Å². The molecule has 0 saturated heterocycles. The van der Waals surface area contributed by atoms with E-state index in [0.29, 0.717) is 11.6 Å². The number of ether oxygens (including phenoxy) is 2. The fraction of sp³-hybridized carbons (Fsp3) is 0.538. The van der Waals surface area contributed by atoms with Crippen LogP contribution in [0.1, 0.15) is 6.92 Å². The lowest BCUT2D eigenvalue weighted by atomic mass is 10.3. The van der Waals surface area contributed by atoms with Gasteiger partial charge in [-0.15, -0.1) is 0 Å². The van der Waals surface area contributed by atoms with Crippen LogP contribution < -0.4 is 5.32 Å². The van der Waals surface area contributed by atoms with E-state index in [9.17, 15) is 9.50 Å². The van der Waals surface area contributed by atoms with Gasteiger partial charge in [0, 0.05) is 18.7 Å². The maximum atomic E-state index is 13.4. The summed E-state index contributed by atoms with van der Waals surface area (Å²) in [4.78, 5) is 0. The van der Waals surface area contributed by atoms with Gasteiger partial charge in [-0.25, -0.2) is 4.39 Å². The van der Waals surface area contributed by atoms with Crippen LogP contribution in [-0.4, -0.2) is 44.2 Å². The van der Waals surface area contributed by atoms with E-state index in [2.05, 4.69) is 5.32 Å². The van der Waals surface area contributed by atoms with E-state index < -0.39 is 11.9 Å². The van der Waals surface area contributed by atoms with Crippen molar-refractivity contribution in [2.45, 2.75) is 19.1 Å². The van der Waals surface area contributed by atoms with Crippen molar-refractivity contribution in [1.82, 2.24) is 0 Å². The molecule has 0 aliphatic rings. The number of hydrogen-bond donors (Lipinski definition) is 2. The Bertz CT molecular complexity index is 392. The van der Waals surface area contributed by atoms with Gasteiger partial charge in [-0.1, -0.05) is 11.6 Å². The van der Waals surface area contributed by atoms with Gasteiger partial charge in [0.05, 0.1) is 31.1 Å². The minimum atomic E-state index is -0.738. The molecule has 1 rings (SSSR count). The summed E-state index contributed by atoms with van der Waals surface area (Å²) in [7, 11) is 1.58. The molecule has 0 fully saturated rings. The van der Waals surface area contributed by atoms with Gasteiger partial charge in [-0.2, -0.15) is 0 Å². The van der Waals surface area contributed by atoms with Gasteiger partial charge in [0.1, 0.15) is 5.82 Å². The molecule has 0 saturated carbocycles. The van der Waals surface area contributed by atoms with Gasteiger partial charge >= 0.3 is 0 Å². The molecule has 0 radical (unpaired) electrons. The molecule has 2 atom stereocenters. The molecule has 0 aromatic heterocycles. The van der Waals surface area contributed by atoms with Crippen molar-refractivity contribution in [3.8, 4) is 0 Å². The molecule has 4 nitrogen and oxygen atoms in total. The topological polar surface area (TPSA) is 50.7 Å². The highest BCUT2D eigenvalue weighted by Gasteiger charge is 2.09. The second-order valence-corrected chi connectivity index (χ2v) is 4.69. The van der Waals surface area contributed by atoms with Crippen molar-refractivity contribution in [3.05, 3.63) is 29.0 Å². The highest BCUT2D eigenvalue weighted by Crippen LogP contribution is 2.19. The van der Waals surface area contributed by atoms with Gasteiger partial charge in [-0.3, -0.25) is 0 Å². The monoisotopic (exact) mass is 291 g/mol. The molecular weight excluding hydrogens is 273 g/mol. The zero-order valence-corrected chi connectivity index (χ0v) is 11.8. The lowest BCUT2D eigenvalue weighted by Crippen LogP contribution is -2.28. The largest absolute Gasteiger partial charge is 0.389 e. The Balaban J connectivity index is 2.33. The maximum absolute atomic E-state index is 13.4. The van der Waals surface area contributed by atoms with E-state index in [0.717, 1.165) is 0 Å². The van der Waals surface area contributed by atoms with Gasteiger partial charge in [0.25, 0.3) is 0 Å². The molecule has 1 aromatic rings. The van der Waals surface area contributed by atoms with Crippen LogP contribution in [0.5, 0.6) is 0 Å². The molecule has 0 amide bonds. The molecule has 0 heterocycles. The lowest BCUT2D eigenvalue weighted by Gasteiger charge is -2.17. The second kappa shape index (κ2) is 8.32. The minimum Gasteiger partial charge on any atom is -0.389 e. The summed E-state index contributed by atoms with van der Waals surface area (Å²) in [5.74, 6) is -0.412. The number of aliphatic hydroxyl groups is 1. The van der Waals surface area contributed by atoms with Gasteiger partial charge < -0.3 is 19.9 Å². The zero-order valence-electron chi connectivity index (χ0n) is 11.0. The van der Waals surface area contributed by atoms with Crippen LogP contribution in [-0.2, 0) is 9.47 Å². The maximum Gasteiger partial charge on any atom is 0.146 e. The summed E-state index contributed by atoms with van der Waals surface area (Å²) < 4.78 is 23.6. The molecule has 6 heteroatoms. The SMILES string of the molecule is COCC(C)OCC(O)CNc1cc(Cl)ccc1F. The van der Waals surface area contributed by atoms with E-state index in [1.807, 2.05) is 6.92 Å².